The number of rotatable bonds is 6. The number of nitrogens with zero attached hydrogens (tertiary/aromatic N) is 4. The van der Waals surface area contributed by atoms with E-state index >= 15 is 0 Å². The predicted octanol–water partition coefficient (Wildman–Crippen LogP) is 1.97. The molecule has 2 rings (SSSR count). The molecule has 1 aliphatic carbocycles. The number of aliphatic imine (C=N–C) groups is 1. The van der Waals surface area contributed by atoms with E-state index in [-0.39, 0.29) is 0 Å². The van der Waals surface area contributed by atoms with Crippen molar-refractivity contribution in [2.75, 3.05) is 13.6 Å². The maximum absolute atomic E-state index is 4.34. The molecule has 1 aromatic heterocycles. The van der Waals surface area contributed by atoms with Gasteiger partial charge in [0, 0.05) is 32.6 Å². The van der Waals surface area contributed by atoms with E-state index in [0.29, 0.717) is 6.04 Å². The van der Waals surface area contributed by atoms with Crippen LogP contribution in [0, 0.1) is 5.92 Å². The van der Waals surface area contributed by atoms with E-state index in [1.165, 1.54) is 32.1 Å². The molecule has 0 amide bonds. The van der Waals surface area contributed by atoms with Gasteiger partial charge in [0.25, 0.3) is 0 Å². The van der Waals surface area contributed by atoms with Crippen LogP contribution in [-0.2, 0) is 13.0 Å². The highest BCUT2D eigenvalue weighted by Crippen LogP contribution is 2.26. The molecule has 1 aliphatic rings. The van der Waals surface area contributed by atoms with Gasteiger partial charge in [0.15, 0.2) is 5.96 Å². The van der Waals surface area contributed by atoms with Crippen molar-refractivity contribution in [3.05, 3.63) is 12.2 Å². The second-order valence-corrected chi connectivity index (χ2v) is 6.06. The molecule has 1 heterocycles. The fourth-order valence-corrected chi connectivity index (χ4v) is 3.14. The van der Waals surface area contributed by atoms with E-state index in [9.17, 15) is 0 Å². The molecule has 2 N–H and O–H groups in total. The molecule has 22 heavy (non-hydrogen) atoms. The molecule has 124 valence electrons. The molecule has 0 unspecified atom stereocenters. The minimum atomic E-state index is 0.565. The maximum Gasteiger partial charge on any atom is 0.191 e. The summed E-state index contributed by atoms with van der Waals surface area (Å²) in [5, 5.41) is 15.0. The Morgan fingerprint density at radius 3 is 2.73 bits per heavy atom. The van der Waals surface area contributed by atoms with Gasteiger partial charge in [-0.15, -0.1) is 10.2 Å². The van der Waals surface area contributed by atoms with Crippen LogP contribution < -0.4 is 10.6 Å². The first-order chi connectivity index (χ1) is 10.8. The van der Waals surface area contributed by atoms with Crippen LogP contribution in [0.15, 0.2) is 11.3 Å². The van der Waals surface area contributed by atoms with E-state index in [1.807, 2.05) is 7.05 Å². The molecule has 1 saturated carbocycles. The number of hydrogen-bond acceptors (Lipinski definition) is 3. The SMILES string of the molecule is CCc1nncn1CCNC(=NC)NC1CCC(CC)CC1. The summed E-state index contributed by atoms with van der Waals surface area (Å²) in [6.07, 6.45) is 9.21. The van der Waals surface area contributed by atoms with Crippen LogP contribution in [-0.4, -0.2) is 40.4 Å². The molecule has 0 saturated heterocycles. The zero-order valence-corrected chi connectivity index (χ0v) is 14.2. The van der Waals surface area contributed by atoms with Gasteiger partial charge >= 0.3 is 0 Å². The molecule has 0 aliphatic heterocycles. The quantitative estimate of drug-likeness (QED) is 0.623. The summed E-state index contributed by atoms with van der Waals surface area (Å²) in [5.41, 5.74) is 0. The Bertz CT molecular complexity index is 459. The van der Waals surface area contributed by atoms with Gasteiger partial charge in [-0.3, -0.25) is 4.99 Å². The monoisotopic (exact) mass is 306 g/mol. The van der Waals surface area contributed by atoms with E-state index in [2.05, 4.69) is 44.2 Å². The molecular formula is C16H30N6. The second kappa shape index (κ2) is 8.76. The van der Waals surface area contributed by atoms with Gasteiger partial charge in [0.2, 0.25) is 0 Å². The van der Waals surface area contributed by atoms with Gasteiger partial charge in [-0.2, -0.15) is 0 Å². The molecular weight excluding hydrogens is 276 g/mol. The lowest BCUT2D eigenvalue weighted by molar-refractivity contribution is 0.304. The average Bonchev–Trinajstić information content (AvgIpc) is 3.02. The topological polar surface area (TPSA) is 67.1 Å². The Hall–Kier alpha value is -1.59. The lowest BCUT2D eigenvalue weighted by Crippen LogP contribution is -2.45. The van der Waals surface area contributed by atoms with Crippen LogP contribution in [0.2, 0.25) is 0 Å². The molecule has 0 bridgehead atoms. The fraction of sp³-hybridized carbons (Fsp3) is 0.812. The molecule has 0 radical (unpaired) electrons. The molecule has 6 nitrogen and oxygen atoms in total. The van der Waals surface area contributed by atoms with Gasteiger partial charge < -0.3 is 15.2 Å². The largest absolute Gasteiger partial charge is 0.355 e. The first kappa shape index (κ1) is 16.8. The third kappa shape index (κ3) is 4.71. The number of hydrogen-bond donors (Lipinski definition) is 2. The van der Waals surface area contributed by atoms with Crippen LogP contribution in [0.1, 0.15) is 51.8 Å². The second-order valence-electron chi connectivity index (χ2n) is 6.06. The number of aryl methyl sites for hydroxylation is 1. The first-order valence-electron chi connectivity index (χ1n) is 8.60. The Morgan fingerprint density at radius 2 is 2.09 bits per heavy atom. The standard InChI is InChI=1S/C16H30N6/c1-4-13-6-8-14(9-7-13)20-16(17-3)18-10-11-22-12-19-21-15(22)5-2/h12-14H,4-11H2,1-3H3,(H2,17,18,20). The highest BCUT2D eigenvalue weighted by molar-refractivity contribution is 5.79. The normalized spacial score (nSPS) is 22.6. The van der Waals surface area contributed by atoms with Crippen molar-refractivity contribution in [1.82, 2.24) is 25.4 Å². The Labute approximate surface area is 133 Å². The van der Waals surface area contributed by atoms with E-state index in [1.54, 1.807) is 6.33 Å². The summed E-state index contributed by atoms with van der Waals surface area (Å²) in [6, 6.07) is 0.565. The molecule has 0 atom stereocenters. The summed E-state index contributed by atoms with van der Waals surface area (Å²) >= 11 is 0. The van der Waals surface area contributed by atoms with Gasteiger partial charge in [0.05, 0.1) is 0 Å². The van der Waals surface area contributed by atoms with Crippen molar-refractivity contribution in [3.63, 3.8) is 0 Å². The smallest absolute Gasteiger partial charge is 0.191 e. The Kier molecular flexibility index (Phi) is 6.68. The lowest BCUT2D eigenvalue weighted by Gasteiger charge is -2.29. The van der Waals surface area contributed by atoms with Crippen LogP contribution in [0.4, 0.5) is 0 Å². The molecule has 6 heteroatoms. The highest BCUT2D eigenvalue weighted by Gasteiger charge is 2.20. The van der Waals surface area contributed by atoms with Crippen LogP contribution in [0.25, 0.3) is 0 Å². The third-order valence-corrected chi connectivity index (χ3v) is 4.65. The number of nitrogens with one attached hydrogen (secondary N) is 2. The summed E-state index contributed by atoms with van der Waals surface area (Å²) in [4.78, 5) is 4.34. The van der Waals surface area contributed by atoms with Crippen molar-refractivity contribution >= 4 is 5.96 Å². The van der Waals surface area contributed by atoms with Gasteiger partial charge in [-0.25, -0.2) is 0 Å². The molecule has 1 aromatic rings. The zero-order chi connectivity index (χ0) is 15.8. The minimum Gasteiger partial charge on any atom is -0.355 e. The summed E-state index contributed by atoms with van der Waals surface area (Å²) in [7, 11) is 1.84. The van der Waals surface area contributed by atoms with Crippen LogP contribution >= 0.6 is 0 Å². The van der Waals surface area contributed by atoms with Crippen LogP contribution in [0.5, 0.6) is 0 Å². The van der Waals surface area contributed by atoms with Crippen molar-refractivity contribution in [2.45, 2.75) is 65.0 Å². The van der Waals surface area contributed by atoms with Gasteiger partial charge in [0.1, 0.15) is 12.2 Å². The van der Waals surface area contributed by atoms with E-state index < -0.39 is 0 Å². The van der Waals surface area contributed by atoms with Crippen molar-refractivity contribution in [1.29, 1.82) is 0 Å². The molecule has 0 aromatic carbocycles. The lowest BCUT2D eigenvalue weighted by atomic mass is 9.84. The van der Waals surface area contributed by atoms with Crippen LogP contribution in [0.3, 0.4) is 0 Å². The number of guanidine groups is 1. The van der Waals surface area contributed by atoms with Crippen molar-refractivity contribution < 1.29 is 0 Å². The first-order valence-corrected chi connectivity index (χ1v) is 8.60. The average molecular weight is 306 g/mol. The van der Waals surface area contributed by atoms with Crippen molar-refractivity contribution in [2.24, 2.45) is 10.9 Å². The fourth-order valence-electron chi connectivity index (χ4n) is 3.14. The zero-order valence-electron chi connectivity index (χ0n) is 14.2. The summed E-state index contributed by atoms with van der Waals surface area (Å²) in [6.45, 7) is 6.09. The minimum absolute atomic E-state index is 0.565. The third-order valence-electron chi connectivity index (χ3n) is 4.65. The van der Waals surface area contributed by atoms with Crippen molar-refractivity contribution in [3.8, 4) is 0 Å². The Balaban J connectivity index is 1.72. The Morgan fingerprint density at radius 1 is 1.32 bits per heavy atom. The van der Waals surface area contributed by atoms with E-state index in [0.717, 1.165) is 37.2 Å². The summed E-state index contributed by atoms with van der Waals surface area (Å²) in [5.74, 6) is 2.86. The predicted molar refractivity (Wildman–Crippen MR) is 89.9 cm³/mol. The molecule has 0 spiro atoms. The van der Waals surface area contributed by atoms with Gasteiger partial charge in [-0.05, 0) is 31.6 Å². The summed E-state index contributed by atoms with van der Waals surface area (Å²) < 4.78 is 2.09. The highest BCUT2D eigenvalue weighted by atomic mass is 15.3. The number of aromatic nitrogens is 3. The molecule has 1 fully saturated rings. The maximum atomic E-state index is 4.34. The van der Waals surface area contributed by atoms with Gasteiger partial charge in [-0.1, -0.05) is 20.3 Å². The van der Waals surface area contributed by atoms with E-state index in [4.69, 9.17) is 0 Å².